The molecule has 0 spiro atoms. The Kier molecular flexibility index (Phi) is 7.24. The van der Waals surface area contributed by atoms with Crippen molar-refractivity contribution in [1.29, 1.82) is 0 Å². The maximum Gasteiger partial charge on any atom is 0.417 e. The van der Waals surface area contributed by atoms with Crippen LogP contribution in [0.15, 0.2) is 12.3 Å². The van der Waals surface area contributed by atoms with Gasteiger partial charge in [0.25, 0.3) is 0 Å². The first-order valence-electron chi connectivity index (χ1n) is 12.0. The number of nitrogens with zero attached hydrogens (tertiary/aromatic N) is 2. The van der Waals surface area contributed by atoms with Crippen molar-refractivity contribution in [3.63, 3.8) is 0 Å². The Bertz CT molecular complexity index is 897. The number of methoxy groups -OCH3 is 1. The number of carbonyl (C=O) groups is 1. The molecule has 5 atom stereocenters. The summed E-state index contributed by atoms with van der Waals surface area (Å²) in [6.45, 7) is 5.67. The largest absolute Gasteiger partial charge is 0.417 e. The number of halogens is 3. The van der Waals surface area contributed by atoms with Gasteiger partial charge in [-0.1, -0.05) is 13.8 Å². The van der Waals surface area contributed by atoms with Crippen LogP contribution in [-0.4, -0.2) is 60.8 Å². The molecule has 4 rings (SSSR count). The molecule has 190 valence electrons. The van der Waals surface area contributed by atoms with Gasteiger partial charge in [0.15, 0.2) is 0 Å². The highest BCUT2D eigenvalue weighted by molar-refractivity contribution is 5.84. The van der Waals surface area contributed by atoms with Crippen molar-refractivity contribution >= 4 is 5.91 Å². The highest BCUT2D eigenvalue weighted by Gasteiger charge is 2.50. The highest BCUT2D eigenvalue weighted by Crippen LogP contribution is 2.47. The standard InChI is InChI=1S/C24H35F3N4O3/c1-14(2)23(6-4-17(9-23)30-19-5-7-34-13-20(19)33-3)22(32)31-11-15-8-16(24(25,26)27)10-29-21(15)18(28)12-31/h8,10,14,17-20,30H,4-7,9,11-13,28H2,1-3H3/t17-,18?,19+,20-,23+/m1/s1. The van der Waals surface area contributed by atoms with E-state index in [1.165, 1.54) is 0 Å². The summed E-state index contributed by atoms with van der Waals surface area (Å²) in [4.78, 5) is 19.5. The number of rotatable bonds is 5. The van der Waals surface area contributed by atoms with E-state index in [1.807, 2.05) is 13.8 Å². The molecule has 2 aliphatic heterocycles. The minimum absolute atomic E-state index is 0.0228. The first-order chi connectivity index (χ1) is 16.0. The molecule has 1 aromatic rings. The third kappa shape index (κ3) is 4.82. The van der Waals surface area contributed by atoms with Crippen molar-refractivity contribution in [2.24, 2.45) is 17.1 Å². The second-order valence-electron chi connectivity index (χ2n) is 10.2. The summed E-state index contributed by atoms with van der Waals surface area (Å²) in [7, 11) is 1.68. The lowest BCUT2D eigenvalue weighted by Gasteiger charge is -2.41. The number of amides is 1. The van der Waals surface area contributed by atoms with Crippen LogP contribution in [0, 0.1) is 11.3 Å². The molecule has 1 unspecified atom stereocenters. The number of pyridine rings is 1. The quantitative estimate of drug-likeness (QED) is 0.668. The van der Waals surface area contributed by atoms with Gasteiger partial charge in [0.1, 0.15) is 0 Å². The van der Waals surface area contributed by atoms with Gasteiger partial charge in [-0.2, -0.15) is 13.2 Å². The minimum atomic E-state index is -4.49. The normalized spacial score (nSPS) is 32.2. The van der Waals surface area contributed by atoms with Crippen LogP contribution >= 0.6 is 0 Å². The number of alkyl halides is 3. The number of nitrogens with two attached hydrogens (primary N) is 1. The van der Waals surface area contributed by atoms with Gasteiger partial charge in [0, 0.05) is 45.1 Å². The Hall–Kier alpha value is -1.75. The molecular weight excluding hydrogens is 449 g/mol. The van der Waals surface area contributed by atoms with Gasteiger partial charge in [-0.3, -0.25) is 9.78 Å². The summed E-state index contributed by atoms with van der Waals surface area (Å²) in [6.07, 6.45) is -0.587. The van der Waals surface area contributed by atoms with Gasteiger partial charge >= 0.3 is 6.18 Å². The number of hydrogen-bond acceptors (Lipinski definition) is 6. The fourth-order valence-electron chi connectivity index (χ4n) is 5.82. The summed E-state index contributed by atoms with van der Waals surface area (Å²) >= 11 is 0. The summed E-state index contributed by atoms with van der Waals surface area (Å²) in [6, 6.07) is 0.804. The zero-order valence-electron chi connectivity index (χ0n) is 20.0. The molecular formula is C24H35F3N4O3. The second-order valence-corrected chi connectivity index (χ2v) is 10.2. The molecule has 3 aliphatic rings. The van der Waals surface area contributed by atoms with Crippen molar-refractivity contribution in [1.82, 2.24) is 15.2 Å². The number of ether oxygens (including phenoxy) is 2. The topological polar surface area (TPSA) is 89.7 Å². The van der Waals surface area contributed by atoms with Crippen LogP contribution in [0.5, 0.6) is 0 Å². The van der Waals surface area contributed by atoms with E-state index in [0.29, 0.717) is 30.9 Å². The molecule has 7 nitrogen and oxygen atoms in total. The number of aromatic nitrogens is 1. The first-order valence-corrected chi connectivity index (χ1v) is 12.0. The van der Waals surface area contributed by atoms with Crippen LogP contribution in [0.25, 0.3) is 0 Å². The van der Waals surface area contributed by atoms with E-state index in [0.717, 1.165) is 31.5 Å². The first kappa shape index (κ1) is 25.3. The van der Waals surface area contributed by atoms with E-state index < -0.39 is 23.2 Å². The van der Waals surface area contributed by atoms with Gasteiger partial charge in [0.2, 0.25) is 5.91 Å². The lowest BCUT2D eigenvalue weighted by atomic mass is 9.73. The van der Waals surface area contributed by atoms with Crippen molar-refractivity contribution in [3.8, 4) is 0 Å². The van der Waals surface area contributed by atoms with Gasteiger partial charge in [-0.25, -0.2) is 0 Å². The SMILES string of the molecule is CO[C@@H]1COCC[C@@H]1N[C@@H]1CC[C@@](C(=O)N2Cc3cc(C(F)(F)F)cnc3C(N)C2)(C(C)C)C1. The molecule has 0 radical (unpaired) electrons. The summed E-state index contributed by atoms with van der Waals surface area (Å²) in [5, 5.41) is 3.70. The fourth-order valence-corrected chi connectivity index (χ4v) is 5.82. The monoisotopic (exact) mass is 484 g/mol. The van der Waals surface area contributed by atoms with E-state index in [9.17, 15) is 18.0 Å². The van der Waals surface area contributed by atoms with Crippen LogP contribution < -0.4 is 11.1 Å². The van der Waals surface area contributed by atoms with E-state index in [1.54, 1.807) is 12.0 Å². The molecule has 1 saturated carbocycles. The molecule has 2 fully saturated rings. The smallest absolute Gasteiger partial charge is 0.379 e. The molecule has 3 N–H and O–H groups in total. The molecule has 3 heterocycles. The van der Waals surface area contributed by atoms with Crippen molar-refractivity contribution in [2.45, 2.75) is 76.5 Å². The van der Waals surface area contributed by atoms with Crippen molar-refractivity contribution in [2.75, 3.05) is 26.9 Å². The fraction of sp³-hybridized carbons (Fsp3) is 0.750. The predicted octanol–water partition coefficient (Wildman–Crippen LogP) is 3.03. The van der Waals surface area contributed by atoms with Crippen LogP contribution in [0.1, 0.15) is 62.4 Å². The molecule has 1 saturated heterocycles. The number of nitrogens with one attached hydrogen (secondary N) is 1. The summed E-state index contributed by atoms with van der Waals surface area (Å²) in [5.74, 6) is 0.0533. The Morgan fingerprint density at radius 1 is 1.38 bits per heavy atom. The Balaban J connectivity index is 1.51. The lowest BCUT2D eigenvalue weighted by molar-refractivity contribution is -0.146. The highest BCUT2D eigenvalue weighted by atomic mass is 19.4. The third-order valence-electron chi connectivity index (χ3n) is 7.88. The van der Waals surface area contributed by atoms with Crippen LogP contribution in [0.2, 0.25) is 0 Å². The maximum absolute atomic E-state index is 13.9. The van der Waals surface area contributed by atoms with Gasteiger partial charge < -0.3 is 25.4 Å². The molecule has 34 heavy (non-hydrogen) atoms. The lowest BCUT2D eigenvalue weighted by Crippen LogP contribution is -2.52. The van der Waals surface area contributed by atoms with Crippen molar-refractivity contribution in [3.05, 3.63) is 29.1 Å². The van der Waals surface area contributed by atoms with Gasteiger partial charge in [-0.05, 0) is 43.2 Å². The number of fused-ring (bicyclic) bond motifs is 1. The van der Waals surface area contributed by atoms with Crippen LogP contribution in [-0.2, 0) is 27.0 Å². The van der Waals surface area contributed by atoms with E-state index in [4.69, 9.17) is 15.2 Å². The number of carbonyl (C=O) groups excluding carboxylic acids is 1. The predicted molar refractivity (Wildman–Crippen MR) is 120 cm³/mol. The van der Waals surface area contributed by atoms with Crippen molar-refractivity contribution < 1.29 is 27.4 Å². The van der Waals surface area contributed by atoms with Gasteiger partial charge in [0.05, 0.1) is 35.4 Å². The zero-order valence-corrected chi connectivity index (χ0v) is 20.0. The maximum atomic E-state index is 13.9. The molecule has 1 amide bonds. The molecule has 0 bridgehead atoms. The molecule has 1 aromatic heterocycles. The van der Waals surface area contributed by atoms with E-state index in [-0.39, 0.29) is 43.1 Å². The average molecular weight is 485 g/mol. The van der Waals surface area contributed by atoms with Crippen LogP contribution in [0.3, 0.4) is 0 Å². The Labute approximate surface area is 198 Å². The van der Waals surface area contributed by atoms with E-state index in [2.05, 4.69) is 10.3 Å². The molecule has 1 aliphatic carbocycles. The Morgan fingerprint density at radius 2 is 2.15 bits per heavy atom. The average Bonchev–Trinajstić information content (AvgIpc) is 3.23. The van der Waals surface area contributed by atoms with E-state index >= 15 is 0 Å². The molecule has 10 heteroatoms. The van der Waals surface area contributed by atoms with Crippen LogP contribution in [0.4, 0.5) is 13.2 Å². The summed E-state index contributed by atoms with van der Waals surface area (Å²) < 4.78 is 50.8. The third-order valence-corrected chi connectivity index (χ3v) is 7.88. The zero-order chi connectivity index (χ0) is 24.7. The van der Waals surface area contributed by atoms with Gasteiger partial charge in [-0.15, -0.1) is 0 Å². The Morgan fingerprint density at radius 3 is 2.82 bits per heavy atom. The summed E-state index contributed by atoms with van der Waals surface area (Å²) in [5.41, 5.74) is 5.66. The molecule has 0 aromatic carbocycles. The minimum Gasteiger partial charge on any atom is -0.379 e. The number of hydrogen-bond donors (Lipinski definition) is 2. The second kappa shape index (κ2) is 9.72.